The van der Waals surface area contributed by atoms with Crippen LogP contribution in [0.15, 0.2) is 109 Å². The van der Waals surface area contributed by atoms with E-state index in [0.717, 1.165) is 27.9 Å². The maximum Gasteiger partial charge on any atom is 0.229 e. The molecule has 1 aromatic heterocycles. The van der Waals surface area contributed by atoms with E-state index < -0.39 is 0 Å². The molecule has 6 rings (SSSR count). The summed E-state index contributed by atoms with van der Waals surface area (Å²) in [6, 6.07) is 30.9. The van der Waals surface area contributed by atoms with Crippen LogP contribution in [0.4, 0.5) is 31.9 Å². The second-order valence-electron chi connectivity index (χ2n) is 9.10. The Bertz CT molecular complexity index is 1840. The molecule has 8 heteroatoms. The number of nitrogens with one attached hydrogen (secondary N) is 2. The number of benzene rings is 5. The molecule has 0 aliphatic heterocycles. The van der Waals surface area contributed by atoms with Crippen LogP contribution in [-0.4, -0.2) is 9.97 Å². The first kappa shape index (κ1) is 25.7. The van der Waals surface area contributed by atoms with Gasteiger partial charge in [0.25, 0.3) is 0 Å². The average molecular weight is 569 g/mol. The van der Waals surface area contributed by atoms with Crippen molar-refractivity contribution in [2.45, 2.75) is 0 Å². The summed E-state index contributed by atoms with van der Waals surface area (Å²) in [5, 5.41) is 8.46. The summed E-state index contributed by atoms with van der Waals surface area (Å²) in [7, 11) is 0. The number of hydrogen-bond acceptors (Lipinski definition) is 4. The van der Waals surface area contributed by atoms with Crippen molar-refractivity contribution in [1.29, 1.82) is 0 Å². The van der Waals surface area contributed by atoms with E-state index in [1.54, 1.807) is 48.5 Å². The molecule has 0 spiro atoms. The molecule has 196 valence electrons. The normalized spacial score (nSPS) is 11.0. The molecule has 0 radical (unpaired) electrons. The molecule has 0 fully saturated rings. The lowest BCUT2D eigenvalue weighted by atomic mass is 9.95. The van der Waals surface area contributed by atoms with Gasteiger partial charge in [0.05, 0.1) is 5.52 Å². The zero-order valence-corrected chi connectivity index (χ0v) is 22.3. The van der Waals surface area contributed by atoms with Gasteiger partial charge in [0.15, 0.2) is 0 Å². The Morgan fingerprint density at radius 1 is 0.550 bits per heavy atom. The highest BCUT2D eigenvalue weighted by molar-refractivity contribution is 6.31. The molecule has 0 atom stereocenters. The van der Waals surface area contributed by atoms with E-state index in [4.69, 9.17) is 33.2 Å². The second-order valence-corrected chi connectivity index (χ2v) is 9.97. The van der Waals surface area contributed by atoms with Crippen LogP contribution >= 0.6 is 23.2 Å². The average Bonchev–Trinajstić information content (AvgIpc) is 2.94. The minimum absolute atomic E-state index is 0.327. The fourth-order valence-corrected chi connectivity index (χ4v) is 4.82. The van der Waals surface area contributed by atoms with Gasteiger partial charge in [0.1, 0.15) is 17.5 Å². The third-order valence-corrected chi connectivity index (χ3v) is 6.77. The number of hydrogen-bond donors (Lipinski definition) is 2. The zero-order chi connectivity index (χ0) is 27.6. The SMILES string of the molecule is Fc1ccc(-c2cc(-c3ccc(F)cc3)c3nc(Nc4cccc(Cl)c4)nc(Nc4cccc(Cl)c4)c3c2)cc1. The predicted octanol–water partition coefficient (Wildman–Crippen LogP) is 10.0. The summed E-state index contributed by atoms with van der Waals surface area (Å²) in [5.74, 6) is 0.178. The Morgan fingerprint density at radius 2 is 1.12 bits per heavy atom. The van der Waals surface area contributed by atoms with Crippen molar-refractivity contribution in [2.75, 3.05) is 10.6 Å². The fraction of sp³-hybridized carbons (Fsp3) is 0. The molecule has 6 aromatic rings. The van der Waals surface area contributed by atoms with Crippen molar-refractivity contribution < 1.29 is 8.78 Å². The molecule has 0 bridgehead atoms. The Labute approximate surface area is 239 Å². The molecule has 5 aromatic carbocycles. The monoisotopic (exact) mass is 568 g/mol. The molecular formula is C32H20Cl2F2N4. The summed E-state index contributed by atoms with van der Waals surface area (Å²) in [5.41, 5.74) is 5.21. The third-order valence-electron chi connectivity index (χ3n) is 6.30. The summed E-state index contributed by atoms with van der Waals surface area (Å²) in [6.45, 7) is 0. The highest BCUT2D eigenvalue weighted by Gasteiger charge is 2.16. The Kier molecular flexibility index (Phi) is 7.03. The topological polar surface area (TPSA) is 49.8 Å². The molecule has 2 N–H and O–H groups in total. The van der Waals surface area contributed by atoms with Crippen molar-refractivity contribution in [3.63, 3.8) is 0 Å². The van der Waals surface area contributed by atoms with Crippen molar-refractivity contribution in [3.8, 4) is 22.3 Å². The van der Waals surface area contributed by atoms with Crippen LogP contribution in [0.5, 0.6) is 0 Å². The van der Waals surface area contributed by atoms with E-state index in [9.17, 15) is 8.78 Å². The van der Waals surface area contributed by atoms with Crippen LogP contribution in [0, 0.1) is 11.6 Å². The Hall–Kier alpha value is -4.52. The van der Waals surface area contributed by atoms with Gasteiger partial charge in [0, 0.05) is 32.4 Å². The van der Waals surface area contributed by atoms with Crippen molar-refractivity contribution in [3.05, 3.63) is 131 Å². The molecule has 0 aliphatic rings. The number of rotatable bonds is 6. The van der Waals surface area contributed by atoms with E-state index in [0.29, 0.717) is 38.4 Å². The fourth-order valence-electron chi connectivity index (χ4n) is 4.44. The highest BCUT2D eigenvalue weighted by Crippen LogP contribution is 2.38. The van der Waals surface area contributed by atoms with Crippen molar-refractivity contribution >= 4 is 57.2 Å². The second kappa shape index (κ2) is 10.9. The lowest BCUT2D eigenvalue weighted by molar-refractivity contribution is 0.627. The van der Waals surface area contributed by atoms with E-state index in [1.165, 1.54) is 24.3 Å². The van der Waals surface area contributed by atoms with E-state index >= 15 is 0 Å². The first-order valence-corrected chi connectivity index (χ1v) is 13.1. The third kappa shape index (κ3) is 5.59. The number of anilines is 4. The first-order valence-electron chi connectivity index (χ1n) is 12.3. The van der Waals surface area contributed by atoms with Crippen LogP contribution in [0.2, 0.25) is 10.0 Å². The van der Waals surface area contributed by atoms with Crippen LogP contribution < -0.4 is 10.6 Å². The van der Waals surface area contributed by atoms with Gasteiger partial charge >= 0.3 is 0 Å². The van der Waals surface area contributed by atoms with Gasteiger partial charge < -0.3 is 10.6 Å². The van der Waals surface area contributed by atoms with Gasteiger partial charge in [-0.2, -0.15) is 4.98 Å². The van der Waals surface area contributed by atoms with Crippen LogP contribution in [0.25, 0.3) is 33.2 Å². The summed E-state index contributed by atoms with van der Waals surface area (Å²) in [6.07, 6.45) is 0. The Morgan fingerprint density at radius 3 is 1.73 bits per heavy atom. The number of fused-ring (bicyclic) bond motifs is 1. The van der Waals surface area contributed by atoms with E-state index in [-0.39, 0.29) is 11.6 Å². The zero-order valence-electron chi connectivity index (χ0n) is 20.8. The lowest BCUT2D eigenvalue weighted by Crippen LogP contribution is -2.03. The first-order chi connectivity index (χ1) is 19.4. The summed E-state index contributed by atoms with van der Waals surface area (Å²) < 4.78 is 27.6. The minimum atomic E-state index is -0.344. The lowest BCUT2D eigenvalue weighted by Gasteiger charge is -2.16. The molecule has 0 aliphatic carbocycles. The quantitative estimate of drug-likeness (QED) is 0.210. The molecule has 0 saturated heterocycles. The van der Waals surface area contributed by atoms with Crippen LogP contribution in [-0.2, 0) is 0 Å². The molecule has 40 heavy (non-hydrogen) atoms. The summed E-state index contributed by atoms with van der Waals surface area (Å²) >= 11 is 12.5. The van der Waals surface area contributed by atoms with Crippen molar-refractivity contribution in [2.24, 2.45) is 0 Å². The van der Waals surface area contributed by atoms with Gasteiger partial charge in [-0.15, -0.1) is 0 Å². The minimum Gasteiger partial charge on any atom is -0.340 e. The van der Waals surface area contributed by atoms with Gasteiger partial charge in [-0.1, -0.05) is 59.6 Å². The standard InChI is InChI=1S/C32H20Cl2F2N4/c33-22-3-1-5-26(17-22)37-31-29-16-21(19-7-11-24(35)12-8-19)15-28(20-9-13-25(36)14-10-20)30(29)39-32(40-31)38-27-6-2-4-23(34)18-27/h1-18H,(H2,37,38,39,40). The number of halogens is 4. The predicted molar refractivity (Wildman–Crippen MR) is 160 cm³/mol. The maximum atomic E-state index is 13.9. The maximum absolute atomic E-state index is 13.9. The smallest absolute Gasteiger partial charge is 0.229 e. The van der Waals surface area contributed by atoms with Gasteiger partial charge in [-0.3, -0.25) is 0 Å². The Balaban J connectivity index is 1.61. The molecule has 1 heterocycles. The van der Waals surface area contributed by atoms with Gasteiger partial charge in [0.2, 0.25) is 5.95 Å². The summed E-state index contributed by atoms with van der Waals surface area (Å²) in [4.78, 5) is 9.69. The van der Waals surface area contributed by atoms with Gasteiger partial charge in [-0.05, 0) is 89.5 Å². The van der Waals surface area contributed by atoms with E-state index in [1.807, 2.05) is 36.4 Å². The largest absolute Gasteiger partial charge is 0.340 e. The number of nitrogens with zero attached hydrogens (tertiary/aromatic N) is 2. The van der Waals surface area contributed by atoms with E-state index in [2.05, 4.69) is 10.6 Å². The van der Waals surface area contributed by atoms with Crippen LogP contribution in [0.3, 0.4) is 0 Å². The molecular weight excluding hydrogens is 549 g/mol. The molecule has 0 unspecified atom stereocenters. The van der Waals surface area contributed by atoms with Crippen LogP contribution in [0.1, 0.15) is 0 Å². The van der Waals surface area contributed by atoms with Gasteiger partial charge in [-0.25, -0.2) is 13.8 Å². The molecule has 4 nitrogen and oxygen atoms in total. The number of aromatic nitrogens is 2. The molecule has 0 saturated carbocycles. The highest BCUT2D eigenvalue weighted by atomic mass is 35.5. The van der Waals surface area contributed by atoms with Crippen molar-refractivity contribution in [1.82, 2.24) is 9.97 Å². The molecule has 0 amide bonds.